The Balaban J connectivity index is 1.46. The second kappa shape index (κ2) is 8.14. The molecular weight excluding hydrogens is 460 g/mol. The number of para-hydroxylation sites is 1. The fourth-order valence-corrected chi connectivity index (χ4v) is 3.30. The summed E-state index contributed by atoms with van der Waals surface area (Å²) in [4.78, 5) is 17.0. The Bertz CT molecular complexity index is 1540. The number of H-pyrrole nitrogens is 1. The normalized spacial score (nSPS) is 11.8. The molecule has 0 unspecified atom stereocenters. The summed E-state index contributed by atoms with van der Waals surface area (Å²) in [6.45, 7) is -0.350. The summed E-state index contributed by atoms with van der Waals surface area (Å²) in [5.74, 6) is -1.65. The van der Waals surface area contributed by atoms with Gasteiger partial charge < -0.3 is 13.7 Å². The lowest BCUT2D eigenvalue weighted by atomic mass is 10.1. The molecule has 172 valence electrons. The van der Waals surface area contributed by atoms with Gasteiger partial charge in [0, 0.05) is 17.3 Å². The first-order chi connectivity index (χ1) is 16.3. The van der Waals surface area contributed by atoms with Crippen LogP contribution in [0, 0.1) is 5.82 Å². The Morgan fingerprint density at radius 1 is 1.09 bits per heavy atom. The number of fused-ring (bicyclic) bond motifs is 1. The van der Waals surface area contributed by atoms with Gasteiger partial charge in [-0.25, -0.2) is 4.39 Å². The molecule has 3 heterocycles. The predicted octanol–water partition coefficient (Wildman–Crippen LogP) is 4.97. The zero-order chi connectivity index (χ0) is 23.9. The van der Waals surface area contributed by atoms with E-state index >= 15 is 0 Å². The molecule has 0 saturated heterocycles. The highest BCUT2D eigenvalue weighted by atomic mass is 19.4. The first-order valence-electron chi connectivity index (χ1n) is 9.68. The van der Waals surface area contributed by atoms with Gasteiger partial charge in [0.25, 0.3) is 11.8 Å². The van der Waals surface area contributed by atoms with E-state index in [-0.39, 0.29) is 46.4 Å². The number of aromatic amines is 1. The highest BCUT2D eigenvalue weighted by Gasteiger charge is 2.32. The topological polar surface area (TPSA) is 107 Å². The summed E-state index contributed by atoms with van der Waals surface area (Å²) in [7, 11) is 0. The smallest absolute Gasteiger partial charge is 0.416 e. The molecular formula is C22H12F4N4O4. The number of alkyl halides is 3. The molecule has 2 aromatic carbocycles. The van der Waals surface area contributed by atoms with Crippen molar-refractivity contribution >= 4 is 11.0 Å². The molecule has 5 rings (SSSR count). The number of aromatic nitrogens is 4. The molecule has 0 fully saturated rings. The molecule has 0 amide bonds. The van der Waals surface area contributed by atoms with E-state index in [0.29, 0.717) is 23.1 Å². The first kappa shape index (κ1) is 21.4. The predicted molar refractivity (Wildman–Crippen MR) is 109 cm³/mol. The van der Waals surface area contributed by atoms with Crippen LogP contribution in [0.5, 0.6) is 5.95 Å². The van der Waals surface area contributed by atoms with Crippen LogP contribution in [0.4, 0.5) is 17.6 Å². The van der Waals surface area contributed by atoms with Crippen molar-refractivity contribution in [1.82, 2.24) is 20.3 Å². The van der Waals surface area contributed by atoms with Crippen LogP contribution in [-0.2, 0) is 12.8 Å². The van der Waals surface area contributed by atoms with Gasteiger partial charge in [-0.3, -0.25) is 9.89 Å². The lowest BCUT2D eigenvalue weighted by Gasteiger charge is -2.08. The van der Waals surface area contributed by atoms with E-state index < -0.39 is 17.6 Å². The highest BCUT2D eigenvalue weighted by molar-refractivity contribution is 5.83. The zero-order valence-corrected chi connectivity index (χ0v) is 16.9. The third-order valence-electron chi connectivity index (χ3n) is 4.82. The summed E-state index contributed by atoms with van der Waals surface area (Å²) in [5, 5.41) is 10.4. The van der Waals surface area contributed by atoms with Crippen LogP contribution in [0.1, 0.15) is 11.4 Å². The molecule has 0 aliphatic heterocycles. The minimum Gasteiger partial charge on any atom is -0.456 e. The van der Waals surface area contributed by atoms with Crippen LogP contribution in [0.15, 0.2) is 68.6 Å². The van der Waals surface area contributed by atoms with Gasteiger partial charge in [0.15, 0.2) is 6.61 Å². The highest BCUT2D eigenvalue weighted by Crippen LogP contribution is 2.33. The number of hydrogen-bond acceptors (Lipinski definition) is 7. The SMILES string of the molecule is O=c1c(-c2cn[nH]c2)c(OCc2noc(-c3cc(F)cc(C(F)(F)F)c3)n2)oc2ccccc12. The van der Waals surface area contributed by atoms with Crippen molar-refractivity contribution in [3.8, 4) is 28.5 Å². The van der Waals surface area contributed by atoms with E-state index in [9.17, 15) is 22.4 Å². The van der Waals surface area contributed by atoms with Gasteiger partial charge in [0.2, 0.25) is 11.3 Å². The lowest BCUT2D eigenvalue weighted by molar-refractivity contribution is -0.137. The van der Waals surface area contributed by atoms with E-state index in [1.54, 1.807) is 24.3 Å². The molecule has 0 spiro atoms. The summed E-state index contributed by atoms with van der Waals surface area (Å²) in [6, 6.07) is 8.48. The van der Waals surface area contributed by atoms with Gasteiger partial charge in [-0.2, -0.15) is 23.3 Å². The Morgan fingerprint density at radius 2 is 1.91 bits per heavy atom. The zero-order valence-electron chi connectivity index (χ0n) is 16.9. The quantitative estimate of drug-likeness (QED) is 0.360. The van der Waals surface area contributed by atoms with Crippen molar-refractivity contribution in [3.63, 3.8) is 0 Å². The second-order valence-electron chi connectivity index (χ2n) is 7.11. The molecule has 12 heteroatoms. The van der Waals surface area contributed by atoms with Crippen LogP contribution < -0.4 is 10.2 Å². The number of nitrogens with one attached hydrogen (secondary N) is 1. The maximum Gasteiger partial charge on any atom is 0.416 e. The van der Waals surface area contributed by atoms with Crippen LogP contribution in [-0.4, -0.2) is 20.3 Å². The molecule has 0 aliphatic rings. The van der Waals surface area contributed by atoms with Gasteiger partial charge in [-0.05, 0) is 30.3 Å². The number of rotatable bonds is 5. The molecule has 0 radical (unpaired) electrons. The third-order valence-corrected chi connectivity index (χ3v) is 4.82. The van der Waals surface area contributed by atoms with Crippen LogP contribution in [0.25, 0.3) is 33.6 Å². The largest absolute Gasteiger partial charge is 0.456 e. The Morgan fingerprint density at radius 3 is 2.68 bits per heavy atom. The van der Waals surface area contributed by atoms with E-state index in [1.165, 1.54) is 12.4 Å². The van der Waals surface area contributed by atoms with Gasteiger partial charge in [-0.15, -0.1) is 0 Å². The number of hydrogen-bond donors (Lipinski definition) is 1. The van der Waals surface area contributed by atoms with Gasteiger partial charge in [-0.1, -0.05) is 17.3 Å². The monoisotopic (exact) mass is 472 g/mol. The fraction of sp³-hybridized carbons (Fsp3) is 0.0909. The number of halogens is 4. The minimum absolute atomic E-state index is 0.0678. The number of ether oxygens (including phenoxy) is 1. The molecule has 1 N–H and O–H groups in total. The molecule has 0 bridgehead atoms. The maximum atomic E-state index is 13.7. The summed E-state index contributed by atoms with van der Waals surface area (Å²) >= 11 is 0. The van der Waals surface area contributed by atoms with Crippen LogP contribution in [0.2, 0.25) is 0 Å². The van der Waals surface area contributed by atoms with Crippen LogP contribution >= 0.6 is 0 Å². The number of nitrogens with zero attached hydrogens (tertiary/aromatic N) is 3. The summed E-state index contributed by atoms with van der Waals surface area (Å²) < 4.78 is 69.0. The van der Waals surface area contributed by atoms with Crippen molar-refractivity contribution < 1.29 is 31.2 Å². The van der Waals surface area contributed by atoms with Crippen molar-refractivity contribution in [2.45, 2.75) is 12.8 Å². The molecule has 8 nitrogen and oxygen atoms in total. The van der Waals surface area contributed by atoms with E-state index in [4.69, 9.17) is 13.7 Å². The average Bonchev–Trinajstić information content (AvgIpc) is 3.49. The lowest BCUT2D eigenvalue weighted by Crippen LogP contribution is -2.09. The van der Waals surface area contributed by atoms with E-state index in [2.05, 4.69) is 20.3 Å². The van der Waals surface area contributed by atoms with E-state index in [1.807, 2.05) is 0 Å². The van der Waals surface area contributed by atoms with Crippen molar-refractivity contribution in [2.24, 2.45) is 0 Å². The summed E-state index contributed by atoms with van der Waals surface area (Å²) in [5.41, 5.74) is -0.989. The number of benzene rings is 2. The average molecular weight is 472 g/mol. The second-order valence-corrected chi connectivity index (χ2v) is 7.11. The Labute approximate surface area is 186 Å². The maximum absolute atomic E-state index is 13.7. The molecule has 0 aliphatic carbocycles. The van der Waals surface area contributed by atoms with Crippen LogP contribution in [0.3, 0.4) is 0 Å². The molecule has 34 heavy (non-hydrogen) atoms. The molecule has 3 aromatic heterocycles. The Hall–Kier alpha value is -4.48. The van der Waals surface area contributed by atoms with Crippen molar-refractivity contribution in [1.29, 1.82) is 0 Å². The van der Waals surface area contributed by atoms with E-state index in [0.717, 1.165) is 6.07 Å². The summed E-state index contributed by atoms with van der Waals surface area (Å²) in [6.07, 6.45) is -1.84. The minimum atomic E-state index is -4.75. The molecule has 0 atom stereocenters. The van der Waals surface area contributed by atoms with Crippen molar-refractivity contribution in [3.05, 3.63) is 82.3 Å². The molecule has 5 aromatic rings. The third kappa shape index (κ3) is 4.00. The van der Waals surface area contributed by atoms with Crippen molar-refractivity contribution in [2.75, 3.05) is 0 Å². The van der Waals surface area contributed by atoms with Gasteiger partial charge in [0.1, 0.15) is 17.0 Å². The Kier molecular flexibility index (Phi) is 5.11. The van der Waals surface area contributed by atoms with Gasteiger partial charge >= 0.3 is 6.18 Å². The molecule has 0 saturated carbocycles. The fourth-order valence-electron chi connectivity index (χ4n) is 3.30. The van der Waals surface area contributed by atoms with Gasteiger partial charge in [0.05, 0.1) is 17.1 Å². The first-order valence-corrected chi connectivity index (χ1v) is 9.68. The standard InChI is InChI=1S/C22H12F4N4O4/c23-14-6-11(5-13(7-14)22(24,25)26)20-29-17(30-34-20)10-32-21-18(12-8-27-28-9-12)19(31)15-3-1-2-4-16(15)33-21/h1-9H,10H2,(H,27,28).